The van der Waals surface area contributed by atoms with Gasteiger partial charge in [-0.2, -0.15) is 0 Å². The van der Waals surface area contributed by atoms with Crippen LogP contribution in [0.25, 0.3) is 0 Å². The van der Waals surface area contributed by atoms with Gasteiger partial charge in [-0.15, -0.1) is 0 Å². The standard InChI is InChI=1S/C21H34N6O4/c1-2-3-8-26-17(28)15(16(23)24)18(29)27(19(26)30)14-4-6-20(7-5-14)10-25(11-20)21(9-22)12-31-13-21/h14,28H,2-13,22H2,1H3,(H3,23,24). The summed E-state index contributed by atoms with van der Waals surface area (Å²) in [6.45, 7) is 6.20. The number of rotatable bonds is 7. The molecule has 0 atom stereocenters. The number of amidine groups is 1. The molecule has 1 saturated carbocycles. The summed E-state index contributed by atoms with van der Waals surface area (Å²) in [6, 6.07) is -0.248. The van der Waals surface area contributed by atoms with Crippen molar-refractivity contribution < 1.29 is 9.84 Å². The normalized spacial score (nSPS) is 22.8. The third-order valence-electron chi connectivity index (χ3n) is 7.58. The third-order valence-corrected chi connectivity index (χ3v) is 7.58. The van der Waals surface area contributed by atoms with Crippen molar-refractivity contribution in [1.29, 1.82) is 5.41 Å². The Morgan fingerprint density at radius 1 is 1.26 bits per heavy atom. The van der Waals surface area contributed by atoms with Gasteiger partial charge >= 0.3 is 5.69 Å². The summed E-state index contributed by atoms with van der Waals surface area (Å²) in [4.78, 5) is 28.6. The van der Waals surface area contributed by atoms with Gasteiger partial charge in [0.05, 0.1) is 18.8 Å². The highest BCUT2D eigenvalue weighted by Gasteiger charge is 2.54. The van der Waals surface area contributed by atoms with Crippen LogP contribution >= 0.6 is 0 Å². The summed E-state index contributed by atoms with van der Waals surface area (Å²) in [5.41, 5.74) is 10.3. The number of nitrogens with zero attached hydrogens (tertiary/aromatic N) is 3. The lowest BCUT2D eigenvalue weighted by Gasteiger charge is -2.62. The van der Waals surface area contributed by atoms with E-state index in [-0.39, 0.29) is 29.1 Å². The fourth-order valence-electron chi connectivity index (χ4n) is 5.39. The Labute approximate surface area is 181 Å². The molecule has 0 amide bonds. The van der Waals surface area contributed by atoms with Crippen LogP contribution in [0.1, 0.15) is 57.1 Å². The van der Waals surface area contributed by atoms with E-state index in [1.54, 1.807) is 0 Å². The van der Waals surface area contributed by atoms with Gasteiger partial charge in [-0.1, -0.05) is 13.3 Å². The summed E-state index contributed by atoms with van der Waals surface area (Å²) in [5, 5.41) is 18.2. The van der Waals surface area contributed by atoms with E-state index in [4.69, 9.17) is 21.6 Å². The van der Waals surface area contributed by atoms with Gasteiger partial charge in [-0.05, 0) is 37.5 Å². The van der Waals surface area contributed by atoms with Crippen molar-refractivity contribution in [3.8, 4) is 5.88 Å². The van der Waals surface area contributed by atoms with Gasteiger partial charge < -0.3 is 21.3 Å². The maximum absolute atomic E-state index is 13.1. The number of aromatic nitrogens is 2. The highest BCUT2D eigenvalue weighted by atomic mass is 16.5. The molecule has 3 aliphatic rings. The van der Waals surface area contributed by atoms with Gasteiger partial charge in [-0.3, -0.25) is 24.2 Å². The fraction of sp³-hybridized carbons (Fsp3) is 0.762. The zero-order valence-corrected chi connectivity index (χ0v) is 18.2. The summed E-state index contributed by atoms with van der Waals surface area (Å²) in [5.74, 6) is -1.01. The molecule has 10 nitrogen and oxygen atoms in total. The molecule has 1 aromatic heterocycles. The van der Waals surface area contributed by atoms with E-state index in [9.17, 15) is 14.7 Å². The Bertz CT molecular complexity index is 958. The number of aromatic hydroxyl groups is 1. The average Bonchev–Trinajstić information content (AvgIpc) is 2.67. The number of unbranched alkanes of at least 4 members (excludes halogenated alkanes) is 1. The Kier molecular flexibility index (Phi) is 5.74. The maximum atomic E-state index is 13.1. The van der Waals surface area contributed by atoms with E-state index >= 15 is 0 Å². The van der Waals surface area contributed by atoms with Gasteiger partial charge in [0, 0.05) is 32.2 Å². The first-order valence-corrected chi connectivity index (χ1v) is 11.2. The first kappa shape index (κ1) is 22.0. The van der Waals surface area contributed by atoms with Gasteiger partial charge in [0.15, 0.2) is 0 Å². The molecular weight excluding hydrogens is 400 g/mol. The van der Waals surface area contributed by atoms with E-state index in [0.717, 1.165) is 32.4 Å². The lowest BCUT2D eigenvalue weighted by atomic mass is 9.65. The molecule has 0 radical (unpaired) electrons. The third kappa shape index (κ3) is 3.50. The molecule has 31 heavy (non-hydrogen) atoms. The van der Waals surface area contributed by atoms with Gasteiger partial charge in [0.1, 0.15) is 11.4 Å². The first-order valence-electron chi connectivity index (χ1n) is 11.2. The molecular formula is C21H34N6O4. The van der Waals surface area contributed by atoms with Crippen LogP contribution in [0.5, 0.6) is 5.88 Å². The Morgan fingerprint density at radius 3 is 2.39 bits per heavy atom. The molecule has 6 N–H and O–H groups in total. The maximum Gasteiger partial charge on any atom is 0.334 e. The largest absolute Gasteiger partial charge is 0.494 e. The molecule has 2 saturated heterocycles. The molecule has 172 valence electrons. The Hall–Kier alpha value is -2.17. The van der Waals surface area contributed by atoms with Crippen molar-refractivity contribution in [3.63, 3.8) is 0 Å². The van der Waals surface area contributed by atoms with Crippen LogP contribution in [-0.2, 0) is 11.3 Å². The zero-order valence-electron chi connectivity index (χ0n) is 18.2. The summed E-state index contributed by atoms with van der Waals surface area (Å²) in [6.07, 6.45) is 4.78. The van der Waals surface area contributed by atoms with Crippen LogP contribution in [0.15, 0.2) is 9.59 Å². The number of nitrogen functional groups attached to an aromatic ring is 1. The van der Waals surface area contributed by atoms with Crippen LogP contribution in [0.2, 0.25) is 0 Å². The number of hydrogen-bond donors (Lipinski definition) is 4. The quantitative estimate of drug-likeness (QED) is 0.346. The summed E-state index contributed by atoms with van der Waals surface area (Å²) < 4.78 is 7.82. The number of nitrogens with one attached hydrogen (secondary N) is 1. The first-order chi connectivity index (χ1) is 14.8. The second kappa shape index (κ2) is 8.07. The molecule has 0 aromatic carbocycles. The van der Waals surface area contributed by atoms with Crippen LogP contribution in [0, 0.1) is 10.8 Å². The number of likely N-dealkylation sites (tertiary alicyclic amines) is 1. The molecule has 1 aromatic rings. The predicted octanol–water partition coefficient (Wildman–Crippen LogP) is -0.0554. The van der Waals surface area contributed by atoms with Crippen molar-refractivity contribution in [3.05, 3.63) is 26.4 Å². The van der Waals surface area contributed by atoms with E-state index in [1.165, 1.54) is 9.13 Å². The second-order valence-electron chi connectivity index (χ2n) is 9.58. The summed E-state index contributed by atoms with van der Waals surface area (Å²) >= 11 is 0. The van der Waals surface area contributed by atoms with Crippen molar-refractivity contribution in [2.75, 3.05) is 32.8 Å². The minimum Gasteiger partial charge on any atom is -0.494 e. The predicted molar refractivity (Wildman–Crippen MR) is 117 cm³/mol. The molecule has 2 aliphatic heterocycles. The van der Waals surface area contributed by atoms with Crippen LogP contribution < -0.4 is 22.7 Å². The molecule has 1 aliphatic carbocycles. The van der Waals surface area contributed by atoms with Crippen molar-refractivity contribution >= 4 is 5.84 Å². The Balaban J connectivity index is 1.55. The lowest BCUT2D eigenvalue weighted by Crippen LogP contribution is -2.74. The highest BCUT2D eigenvalue weighted by molar-refractivity contribution is 5.96. The van der Waals surface area contributed by atoms with Crippen LogP contribution in [0.4, 0.5) is 0 Å². The monoisotopic (exact) mass is 434 g/mol. The minimum atomic E-state index is -0.660. The van der Waals surface area contributed by atoms with Gasteiger partial charge in [0.25, 0.3) is 5.56 Å². The number of hydrogen-bond acceptors (Lipinski definition) is 7. The molecule has 4 rings (SSSR count). The van der Waals surface area contributed by atoms with Crippen molar-refractivity contribution in [1.82, 2.24) is 14.0 Å². The molecule has 0 unspecified atom stereocenters. The molecule has 3 heterocycles. The second-order valence-corrected chi connectivity index (χ2v) is 9.58. The molecule has 1 spiro atoms. The van der Waals surface area contributed by atoms with Crippen molar-refractivity contribution in [2.45, 2.75) is 63.6 Å². The van der Waals surface area contributed by atoms with Gasteiger partial charge in [0.2, 0.25) is 5.88 Å². The fourth-order valence-corrected chi connectivity index (χ4v) is 5.39. The number of nitrogens with two attached hydrogens (primary N) is 2. The Morgan fingerprint density at radius 2 is 1.90 bits per heavy atom. The van der Waals surface area contributed by atoms with E-state index < -0.39 is 23.0 Å². The highest BCUT2D eigenvalue weighted by Crippen LogP contribution is 2.49. The SMILES string of the molecule is CCCCn1c(O)c(C(=N)N)c(=O)n(C2CCC3(CC2)CN(C2(CN)COC2)C3)c1=O. The zero-order chi connectivity index (χ0) is 22.4. The minimum absolute atomic E-state index is 0.0145. The summed E-state index contributed by atoms with van der Waals surface area (Å²) in [7, 11) is 0. The van der Waals surface area contributed by atoms with Crippen molar-refractivity contribution in [2.24, 2.45) is 16.9 Å². The smallest absolute Gasteiger partial charge is 0.334 e. The van der Waals surface area contributed by atoms with E-state index in [1.807, 2.05) is 6.92 Å². The average molecular weight is 435 g/mol. The topological polar surface area (TPSA) is 153 Å². The number of ether oxygens (including phenoxy) is 1. The van der Waals surface area contributed by atoms with Crippen LogP contribution in [0.3, 0.4) is 0 Å². The molecule has 0 bridgehead atoms. The van der Waals surface area contributed by atoms with E-state index in [2.05, 4.69) is 4.90 Å². The molecule has 10 heteroatoms. The lowest BCUT2D eigenvalue weighted by molar-refractivity contribution is -0.196. The molecule has 3 fully saturated rings. The van der Waals surface area contributed by atoms with E-state index in [0.29, 0.717) is 39.0 Å². The van der Waals surface area contributed by atoms with Crippen LogP contribution in [-0.4, -0.2) is 63.4 Å². The van der Waals surface area contributed by atoms with Gasteiger partial charge in [-0.25, -0.2) is 4.79 Å².